The molecule has 1 heterocycles. The van der Waals surface area contributed by atoms with E-state index in [1.165, 1.54) is 4.57 Å². The Kier molecular flexibility index (Phi) is 7.04. The Hall–Kier alpha value is -2.77. The zero-order valence-corrected chi connectivity index (χ0v) is 15.9. The van der Waals surface area contributed by atoms with Gasteiger partial charge in [-0.05, 0) is 43.3 Å². The third-order valence-corrected chi connectivity index (χ3v) is 4.07. The summed E-state index contributed by atoms with van der Waals surface area (Å²) in [6.07, 6.45) is 0. The highest BCUT2D eigenvalue weighted by Gasteiger charge is 2.14. The van der Waals surface area contributed by atoms with Crippen molar-refractivity contribution in [3.8, 4) is 5.75 Å². The fourth-order valence-electron chi connectivity index (χ4n) is 2.89. The highest BCUT2D eigenvalue weighted by Crippen LogP contribution is 2.16. The Bertz CT molecular complexity index is 963. The second kappa shape index (κ2) is 9.25. The molecule has 0 aliphatic heterocycles. The number of hydrogen-bond acceptors (Lipinski definition) is 4. The Morgan fingerprint density at radius 1 is 1.07 bits per heavy atom. The summed E-state index contributed by atoms with van der Waals surface area (Å²) < 4.78 is 8.56. The van der Waals surface area contributed by atoms with E-state index in [9.17, 15) is 9.59 Å². The fraction of sp³-hybridized carbons (Fsp3) is 0.263. The largest absolute Gasteiger partial charge is 0.492 e. The number of imidazole rings is 1. The monoisotopic (exact) mass is 390 g/mol. The number of ether oxygens (including phenoxy) is 1. The average molecular weight is 391 g/mol. The molecule has 0 fully saturated rings. The lowest BCUT2D eigenvalue weighted by Crippen LogP contribution is -2.29. The van der Waals surface area contributed by atoms with Gasteiger partial charge in [-0.15, -0.1) is 12.4 Å². The van der Waals surface area contributed by atoms with Gasteiger partial charge < -0.3 is 15.8 Å². The standard InChI is InChI=1S/C19H22N4O3.ClH/c1-2-22-16-5-3-4-6-17(16)23(19(22)25)13-18(24)21-14-7-9-15(10-8-14)26-12-11-20;/h3-10H,2,11-13,20H2,1H3,(H,21,24);1H. The van der Waals surface area contributed by atoms with Crippen LogP contribution in [0.5, 0.6) is 5.75 Å². The number of carbonyl (C=O) groups excluding carboxylic acids is 1. The van der Waals surface area contributed by atoms with Crippen molar-refractivity contribution in [3.63, 3.8) is 0 Å². The first-order valence-electron chi connectivity index (χ1n) is 8.55. The molecular formula is C19H23ClN4O3. The number of carbonyl (C=O) groups is 1. The molecule has 3 aromatic rings. The number of aryl methyl sites for hydroxylation is 1. The van der Waals surface area contributed by atoms with E-state index in [0.717, 1.165) is 11.0 Å². The summed E-state index contributed by atoms with van der Waals surface area (Å²) in [7, 11) is 0. The number of anilines is 1. The maximum absolute atomic E-state index is 12.6. The molecule has 0 saturated carbocycles. The van der Waals surface area contributed by atoms with Gasteiger partial charge in [0.05, 0.1) is 11.0 Å². The average Bonchev–Trinajstić information content (AvgIpc) is 2.92. The normalized spacial score (nSPS) is 10.4. The molecule has 1 aromatic heterocycles. The van der Waals surface area contributed by atoms with Crippen molar-refractivity contribution in [2.75, 3.05) is 18.5 Å². The molecule has 8 heteroatoms. The predicted molar refractivity (Wildman–Crippen MR) is 109 cm³/mol. The number of benzene rings is 2. The summed E-state index contributed by atoms with van der Waals surface area (Å²) in [4.78, 5) is 25.0. The second-order valence-electron chi connectivity index (χ2n) is 5.81. The van der Waals surface area contributed by atoms with E-state index in [2.05, 4.69) is 5.32 Å². The van der Waals surface area contributed by atoms with E-state index in [0.29, 0.717) is 31.1 Å². The van der Waals surface area contributed by atoms with Crippen LogP contribution < -0.4 is 21.5 Å². The van der Waals surface area contributed by atoms with E-state index < -0.39 is 0 Å². The molecule has 144 valence electrons. The molecule has 0 saturated heterocycles. The number of rotatable bonds is 7. The van der Waals surface area contributed by atoms with Crippen LogP contribution in [0.4, 0.5) is 5.69 Å². The molecule has 3 rings (SSSR count). The Labute approximate surface area is 163 Å². The highest BCUT2D eigenvalue weighted by atomic mass is 35.5. The minimum atomic E-state index is -0.262. The molecule has 0 unspecified atom stereocenters. The molecule has 7 nitrogen and oxygen atoms in total. The molecule has 0 spiro atoms. The topological polar surface area (TPSA) is 91.3 Å². The number of halogens is 1. The van der Waals surface area contributed by atoms with Gasteiger partial charge in [0.2, 0.25) is 5.91 Å². The van der Waals surface area contributed by atoms with E-state index in [-0.39, 0.29) is 30.5 Å². The van der Waals surface area contributed by atoms with Gasteiger partial charge in [-0.25, -0.2) is 4.79 Å². The summed E-state index contributed by atoms with van der Waals surface area (Å²) in [6.45, 7) is 3.30. The summed E-state index contributed by atoms with van der Waals surface area (Å²) in [5.74, 6) is 0.428. The first-order chi connectivity index (χ1) is 12.6. The number of nitrogens with one attached hydrogen (secondary N) is 1. The molecule has 3 N–H and O–H groups in total. The van der Waals surface area contributed by atoms with Crippen molar-refractivity contribution in [2.24, 2.45) is 5.73 Å². The number of nitrogens with zero attached hydrogens (tertiary/aromatic N) is 2. The first-order valence-corrected chi connectivity index (χ1v) is 8.55. The summed E-state index contributed by atoms with van der Waals surface area (Å²) in [5.41, 5.74) is 7.43. The number of nitrogens with two attached hydrogens (primary N) is 1. The van der Waals surface area contributed by atoms with Crippen LogP contribution in [-0.2, 0) is 17.9 Å². The van der Waals surface area contributed by atoms with Crippen LogP contribution in [0.15, 0.2) is 53.3 Å². The second-order valence-corrected chi connectivity index (χ2v) is 5.81. The summed E-state index contributed by atoms with van der Waals surface area (Å²) >= 11 is 0. The van der Waals surface area contributed by atoms with Crippen LogP contribution in [-0.4, -0.2) is 28.2 Å². The first kappa shape index (κ1) is 20.5. The van der Waals surface area contributed by atoms with Crippen LogP contribution in [0, 0.1) is 0 Å². The van der Waals surface area contributed by atoms with Crippen molar-refractivity contribution in [3.05, 3.63) is 59.0 Å². The maximum atomic E-state index is 12.6. The van der Waals surface area contributed by atoms with E-state index >= 15 is 0 Å². The lowest BCUT2D eigenvalue weighted by molar-refractivity contribution is -0.116. The number of aromatic nitrogens is 2. The molecule has 0 aliphatic rings. The SMILES string of the molecule is CCn1c(=O)n(CC(=O)Nc2ccc(OCCN)cc2)c2ccccc21.Cl. The van der Waals surface area contributed by atoms with Crippen molar-refractivity contribution in [2.45, 2.75) is 20.0 Å². The fourth-order valence-corrected chi connectivity index (χ4v) is 2.89. The zero-order chi connectivity index (χ0) is 18.5. The van der Waals surface area contributed by atoms with E-state index in [1.54, 1.807) is 28.8 Å². The third kappa shape index (κ3) is 4.50. The van der Waals surface area contributed by atoms with Crippen LogP contribution in [0.1, 0.15) is 6.92 Å². The van der Waals surface area contributed by atoms with Gasteiger partial charge in [-0.2, -0.15) is 0 Å². The molecule has 0 bridgehead atoms. The third-order valence-electron chi connectivity index (χ3n) is 4.07. The van der Waals surface area contributed by atoms with Crippen LogP contribution in [0.3, 0.4) is 0 Å². The smallest absolute Gasteiger partial charge is 0.329 e. The summed E-state index contributed by atoms with van der Waals surface area (Å²) in [5, 5.41) is 2.80. The van der Waals surface area contributed by atoms with Crippen molar-refractivity contribution >= 4 is 35.0 Å². The molecular weight excluding hydrogens is 368 g/mol. The predicted octanol–water partition coefficient (Wildman–Crippen LogP) is 2.22. The molecule has 2 aromatic carbocycles. The van der Waals surface area contributed by atoms with Gasteiger partial charge in [0, 0.05) is 18.8 Å². The van der Waals surface area contributed by atoms with Crippen LogP contribution >= 0.6 is 12.4 Å². The van der Waals surface area contributed by atoms with Crippen molar-refractivity contribution in [1.82, 2.24) is 9.13 Å². The summed E-state index contributed by atoms with van der Waals surface area (Å²) in [6, 6.07) is 14.5. The molecule has 0 aliphatic carbocycles. The minimum Gasteiger partial charge on any atom is -0.492 e. The zero-order valence-electron chi connectivity index (χ0n) is 15.1. The van der Waals surface area contributed by atoms with Crippen molar-refractivity contribution in [1.29, 1.82) is 0 Å². The number of amides is 1. The lowest BCUT2D eigenvalue weighted by Gasteiger charge is -2.08. The van der Waals surface area contributed by atoms with Gasteiger partial charge >= 0.3 is 5.69 Å². The van der Waals surface area contributed by atoms with Crippen LogP contribution in [0.25, 0.3) is 11.0 Å². The maximum Gasteiger partial charge on any atom is 0.329 e. The Morgan fingerprint density at radius 2 is 1.70 bits per heavy atom. The van der Waals surface area contributed by atoms with Crippen molar-refractivity contribution < 1.29 is 9.53 Å². The highest BCUT2D eigenvalue weighted by molar-refractivity contribution is 5.91. The molecule has 0 atom stereocenters. The van der Waals surface area contributed by atoms with Gasteiger partial charge in [0.15, 0.2) is 0 Å². The Morgan fingerprint density at radius 3 is 2.30 bits per heavy atom. The lowest BCUT2D eigenvalue weighted by atomic mass is 10.3. The van der Waals surface area contributed by atoms with Gasteiger partial charge in [0.1, 0.15) is 18.9 Å². The van der Waals surface area contributed by atoms with Gasteiger partial charge in [0.25, 0.3) is 0 Å². The van der Waals surface area contributed by atoms with Gasteiger partial charge in [-0.3, -0.25) is 13.9 Å². The van der Waals surface area contributed by atoms with Gasteiger partial charge in [-0.1, -0.05) is 12.1 Å². The van der Waals surface area contributed by atoms with E-state index in [4.69, 9.17) is 10.5 Å². The molecule has 1 amide bonds. The molecule has 27 heavy (non-hydrogen) atoms. The molecule has 0 radical (unpaired) electrons. The number of para-hydroxylation sites is 2. The quantitative estimate of drug-likeness (QED) is 0.647. The minimum absolute atomic E-state index is 0. The number of fused-ring (bicyclic) bond motifs is 1. The number of hydrogen-bond donors (Lipinski definition) is 2. The van der Waals surface area contributed by atoms with E-state index in [1.807, 2.05) is 31.2 Å². The van der Waals surface area contributed by atoms with Crippen LogP contribution in [0.2, 0.25) is 0 Å². The Balaban J connectivity index is 0.00000261.